The average molecular weight is 382 g/mol. The van der Waals surface area contributed by atoms with Crippen LogP contribution in [0.25, 0.3) is 10.4 Å². The van der Waals surface area contributed by atoms with Gasteiger partial charge >= 0.3 is 0 Å². The first-order valence-corrected chi connectivity index (χ1v) is 9.61. The van der Waals surface area contributed by atoms with Crippen LogP contribution in [0.4, 0.5) is 0 Å². The van der Waals surface area contributed by atoms with Crippen LogP contribution in [0, 0.1) is 5.92 Å². The van der Waals surface area contributed by atoms with E-state index in [9.17, 15) is 4.79 Å². The summed E-state index contributed by atoms with van der Waals surface area (Å²) < 4.78 is 0. The lowest BCUT2D eigenvalue weighted by molar-refractivity contribution is 0.0620. The number of fused-ring (bicyclic) bond motifs is 3. The van der Waals surface area contributed by atoms with Crippen LogP contribution in [-0.4, -0.2) is 41.5 Å². The minimum absolute atomic E-state index is 0.0851. The van der Waals surface area contributed by atoms with E-state index in [1.54, 1.807) is 12.3 Å². The Morgan fingerprint density at radius 1 is 1.21 bits per heavy atom. The molecule has 5 rings (SSSR count). The van der Waals surface area contributed by atoms with E-state index in [4.69, 9.17) is 23.2 Å². The monoisotopic (exact) mass is 381 g/mol. The van der Waals surface area contributed by atoms with E-state index in [0.29, 0.717) is 21.0 Å². The van der Waals surface area contributed by atoms with Gasteiger partial charge < -0.3 is 10.2 Å². The number of carbonyl (C=O) groups is 1. The van der Waals surface area contributed by atoms with Crippen molar-refractivity contribution in [3.8, 4) is 10.4 Å². The third-order valence-electron chi connectivity index (χ3n) is 4.82. The van der Waals surface area contributed by atoms with Gasteiger partial charge in [0.25, 0.3) is 5.91 Å². The molecule has 24 heavy (non-hydrogen) atoms. The molecule has 3 aliphatic rings. The van der Waals surface area contributed by atoms with Crippen molar-refractivity contribution in [2.45, 2.75) is 18.9 Å². The highest BCUT2D eigenvalue weighted by molar-refractivity contribution is 7.17. The number of amides is 1. The summed E-state index contributed by atoms with van der Waals surface area (Å²) in [5.41, 5.74) is 0.881. The van der Waals surface area contributed by atoms with Crippen molar-refractivity contribution < 1.29 is 4.79 Å². The number of hydrogen-bond acceptors (Lipinski definition) is 4. The van der Waals surface area contributed by atoms with Crippen molar-refractivity contribution in [1.82, 2.24) is 15.2 Å². The van der Waals surface area contributed by atoms with E-state index in [2.05, 4.69) is 15.2 Å². The summed E-state index contributed by atoms with van der Waals surface area (Å²) in [5.74, 6) is 0.517. The van der Waals surface area contributed by atoms with Crippen LogP contribution in [0.5, 0.6) is 0 Å². The first-order valence-electron chi connectivity index (χ1n) is 8.04. The molecule has 2 aromatic rings. The highest BCUT2D eigenvalue weighted by Gasteiger charge is 2.35. The summed E-state index contributed by atoms with van der Waals surface area (Å²) in [6.45, 7) is 3.28. The number of halogens is 2. The fourth-order valence-electron chi connectivity index (χ4n) is 3.57. The Kier molecular flexibility index (Phi) is 4.52. The third kappa shape index (κ3) is 3.31. The second-order valence-corrected chi connectivity index (χ2v) is 8.31. The van der Waals surface area contributed by atoms with E-state index in [0.717, 1.165) is 30.1 Å². The molecule has 0 aliphatic carbocycles. The Hall–Kier alpha value is -1.14. The van der Waals surface area contributed by atoms with Gasteiger partial charge in [0.05, 0.1) is 4.88 Å². The van der Waals surface area contributed by atoms with E-state index >= 15 is 0 Å². The predicted molar refractivity (Wildman–Crippen MR) is 98.0 cm³/mol. The molecule has 0 spiro atoms. The van der Waals surface area contributed by atoms with Gasteiger partial charge in [0.1, 0.15) is 0 Å². The molecule has 3 aliphatic heterocycles. The van der Waals surface area contributed by atoms with Gasteiger partial charge in [0.2, 0.25) is 0 Å². The maximum atomic E-state index is 12.5. The summed E-state index contributed by atoms with van der Waals surface area (Å²) in [7, 11) is 0. The molecule has 2 bridgehead atoms. The summed E-state index contributed by atoms with van der Waals surface area (Å²) in [6, 6.07) is 5.59. The number of aromatic nitrogens is 1. The zero-order valence-electron chi connectivity index (χ0n) is 13.0. The van der Waals surface area contributed by atoms with Gasteiger partial charge in [0.15, 0.2) is 5.01 Å². The third-order valence-corrected chi connectivity index (χ3v) is 6.30. The minimum Gasteiger partial charge on any atom is -0.346 e. The normalized spacial score (nSPS) is 25.7. The van der Waals surface area contributed by atoms with Gasteiger partial charge in [-0.25, -0.2) is 4.98 Å². The van der Waals surface area contributed by atoms with E-state index < -0.39 is 0 Å². The molecule has 4 nitrogen and oxygen atoms in total. The molecular formula is C17H17Cl2N3OS. The van der Waals surface area contributed by atoms with E-state index in [-0.39, 0.29) is 11.9 Å². The SMILES string of the molecule is O=C(N[C@H]1CN2CCC1CC2)c1ncc(-c2cc(Cl)cc(Cl)c2)s1. The van der Waals surface area contributed by atoms with Crippen molar-refractivity contribution in [2.75, 3.05) is 19.6 Å². The van der Waals surface area contributed by atoms with Gasteiger partial charge in [-0.1, -0.05) is 23.2 Å². The van der Waals surface area contributed by atoms with Crippen molar-refractivity contribution >= 4 is 40.4 Å². The summed E-state index contributed by atoms with van der Waals surface area (Å²) in [5, 5.41) is 4.80. The fourth-order valence-corrected chi connectivity index (χ4v) is 4.90. The first kappa shape index (κ1) is 16.3. The Labute approximate surface area is 154 Å². The van der Waals surface area contributed by atoms with Crippen molar-refractivity contribution in [3.63, 3.8) is 0 Å². The molecule has 0 saturated carbocycles. The molecule has 126 valence electrons. The van der Waals surface area contributed by atoms with Crippen molar-refractivity contribution in [2.24, 2.45) is 5.92 Å². The molecule has 1 N–H and O–H groups in total. The van der Waals surface area contributed by atoms with Gasteiger partial charge in [0, 0.05) is 28.8 Å². The number of nitrogens with zero attached hydrogens (tertiary/aromatic N) is 2. The molecule has 1 aromatic carbocycles. The lowest BCUT2D eigenvalue weighted by Gasteiger charge is -2.44. The quantitative estimate of drug-likeness (QED) is 0.875. The lowest BCUT2D eigenvalue weighted by Crippen LogP contribution is -2.57. The fraction of sp³-hybridized carbons (Fsp3) is 0.412. The molecule has 3 saturated heterocycles. The van der Waals surface area contributed by atoms with Crippen LogP contribution in [0.1, 0.15) is 22.6 Å². The number of hydrogen-bond donors (Lipinski definition) is 1. The molecule has 4 heterocycles. The number of piperidine rings is 3. The molecule has 1 amide bonds. The smallest absolute Gasteiger partial charge is 0.280 e. The standard InChI is InChI=1S/C17H17Cl2N3OS/c18-12-5-11(6-13(19)7-12)15-8-20-17(24-15)16(23)21-14-9-22-3-1-10(14)2-4-22/h5-8,10,14H,1-4,9H2,(H,21,23)/t14-/m0/s1. The van der Waals surface area contributed by atoms with Crippen LogP contribution < -0.4 is 5.32 Å². The van der Waals surface area contributed by atoms with Crippen LogP contribution in [0.3, 0.4) is 0 Å². The number of carbonyl (C=O) groups excluding carboxylic acids is 1. The van der Waals surface area contributed by atoms with Crippen molar-refractivity contribution in [3.05, 3.63) is 39.4 Å². The zero-order chi connectivity index (χ0) is 16.7. The Bertz CT molecular complexity index is 751. The molecule has 1 aromatic heterocycles. The Morgan fingerprint density at radius 3 is 2.54 bits per heavy atom. The molecule has 0 radical (unpaired) electrons. The lowest BCUT2D eigenvalue weighted by atomic mass is 9.84. The van der Waals surface area contributed by atoms with Gasteiger partial charge in [-0.3, -0.25) is 4.79 Å². The topological polar surface area (TPSA) is 45.2 Å². The van der Waals surface area contributed by atoms with Gasteiger partial charge in [-0.15, -0.1) is 11.3 Å². The van der Waals surface area contributed by atoms with E-state index in [1.807, 2.05) is 12.1 Å². The van der Waals surface area contributed by atoms with Gasteiger partial charge in [-0.05, 0) is 55.6 Å². The van der Waals surface area contributed by atoms with Crippen LogP contribution in [-0.2, 0) is 0 Å². The average Bonchev–Trinajstić information content (AvgIpc) is 3.05. The maximum absolute atomic E-state index is 12.5. The van der Waals surface area contributed by atoms with E-state index in [1.165, 1.54) is 24.2 Å². The predicted octanol–water partition coefficient (Wildman–Crippen LogP) is 3.94. The summed E-state index contributed by atoms with van der Waals surface area (Å²) in [6.07, 6.45) is 4.06. The number of thiazole rings is 1. The molecule has 1 atom stereocenters. The highest BCUT2D eigenvalue weighted by Crippen LogP contribution is 2.32. The van der Waals surface area contributed by atoms with Crippen LogP contribution in [0.15, 0.2) is 24.4 Å². The van der Waals surface area contributed by atoms with Crippen molar-refractivity contribution in [1.29, 1.82) is 0 Å². The molecule has 0 unspecified atom stereocenters. The Balaban J connectivity index is 1.49. The maximum Gasteiger partial charge on any atom is 0.280 e. The van der Waals surface area contributed by atoms with Crippen LogP contribution >= 0.6 is 34.5 Å². The molecule has 3 fully saturated rings. The first-order chi connectivity index (χ1) is 11.6. The highest BCUT2D eigenvalue weighted by atomic mass is 35.5. The second-order valence-electron chi connectivity index (χ2n) is 6.41. The van der Waals surface area contributed by atoms with Crippen LogP contribution in [0.2, 0.25) is 10.0 Å². The summed E-state index contributed by atoms with van der Waals surface area (Å²) in [4.78, 5) is 20.1. The number of nitrogens with one attached hydrogen (secondary N) is 1. The zero-order valence-corrected chi connectivity index (χ0v) is 15.3. The summed E-state index contributed by atoms with van der Waals surface area (Å²) >= 11 is 13.5. The number of rotatable bonds is 3. The largest absolute Gasteiger partial charge is 0.346 e. The Morgan fingerprint density at radius 2 is 1.92 bits per heavy atom. The number of benzene rings is 1. The minimum atomic E-state index is -0.0851. The molecule has 7 heteroatoms. The second kappa shape index (κ2) is 6.64. The van der Waals surface area contributed by atoms with Gasteiger partial charge in [-0.2, -0.15) is 0 Å². The molecular weight excluding hydrogens is 365 g/mol.